The van der Waals surface area contributed by atoms with E-state index in [1.165, 1.54) is 0 Å². The molecular weight excluding hydrogens is 228 g/mol. The smallest absolute Gasteiger partial charge is 0.329 e. The van der Waals surface area contributed by atoms with Gasteiger partial charge < -0.3 is 15.2 Å². The highest BCUT2D eigenvalue weighted by Gasteiger charge is 2.29. The van der Waals surface area contributed by atoms with Crippen molar-refractivity contribution in [2.24, 2.45) is 5.92 Å². The maximum absolute atomic E-state index is 11.3. The molecular formula is C10H16N2O5. The average Bonchev–Trinajstić information content (AvgIpc) is 2.98. The SMILES string of the molecule is CC(NC(=O)NC(=O)COCC(=O)O)C1CC1. The van der Waals surface area contributed by atoms with Gasteiger partial charge in [0.1, 0.15) is 13.2 Å². The fraction of sp³-hybridized carbons (Fsp3) is 0.700. The van der Waals surface area contributed by atoms with E-state index in [4.69, 9.17) is 5.11 Å². The fourth-order valence-electron chi connectivity index (χ4n) is 1.35. The van der Waals surface area contributed by atoms with Gasteiger partial charge in [-0.3, -0.25) is 10.1 Å². The molecule has 1 aliphatic rings. The van der Waals surface area contributed by atoms with Crippen molar-refractivity contribution in [2.45, 2.75) is 25.8 Å². The standard InChI is InChI=1S/C10H16N2O5/c1-6(7-2-3-7)11-10(16)12-8(13)4-17-5-9(14)15/h6-7H,2-5H2,1H3,(H,14,15)(H2,11,12,13,16). The topological polar surface area (TPSA) is 105 Å². The van der Waals surface area contributed by atoms with Crippen LogP contribution in [0.1, 0.15) is 19.8 Å². The van der Waals surface area contributed by atoms with Crippen molar-refractivity contribution in [1.29, 1.82) is 0 Å². The van der Waals surface area contributed by atoms with E-state index >= 15 is 0 Å². The molecule has 1 saturated carbocycles. The predicted octanol–water partition coefficient (Wildman–Crippen LogP) is -0.288. The number of ether oxygens (including phenoxy) is 1. The summed E-state index contributed by atoms with van der Waals surface area (Å²) in [4.78, 5) is 32.5. The van der Waals surface area contributed by atoms with Crippen LogP contribution in [-0.4, -0.2) is 42.3 Å². The van der Waals surface area contributed by atoms with Gasteiger partial charge in [0.05, 0.1) is 0 Å². The molecule has 7 nitrogen and oxygen atoms in total. The fourth-order valence-corrected chi connectivity index (χ4v) is 1.35. The van der Waals surface area contributed by atoms with Crippen molar-refractivity contribution < 1.29 is 24.2 Å². The number of hydrogen-bond acceptors (Lipinski definition) is 4. The summed E-state index contributed by atoms with van der Waals surface area (Å²) in [6.45, 7) is 0.869. The minimum absolute atomic E-state index is 0.0442. The van der Waals surface area contributed by atoms with Gasteiger partial charge >= 0.3 is 12.0 Å². The molecule has 3 amide bonds. The number of hydrogen-bond donors (Lipinski definition) is 3. The maximum Gasteiger partial charge on any atom is 0.329 e. The number of aliphatic carboxylic acids is 1. The first-order valence-corrected chi connectivity index (χ1v) is 5.39. The van der Waals surface area contributed by atoms with Crippen molar-refractivity contribution in [3.63, 3.8) is 0 Å². The van der Waals surface area contributed by atoms with E-state index in [9.17, 15) is 14.4 Å². The minimum atomic E-state index is -1.16. The molecule has 3 N–H and O–H groups in total. The summed E-state index contributed by atoms with van der Waals surface area (Å²) in [5.41, 5.74) is 0. The normalized spacial score (nSPS) is 16.1. The van der Waals surface area contributed by atoms with Gasteiger partial charge in [0, 0.05) is 6.04 Å². The van der Waals surface area contributed by atoms with Crippen LogP contribution in [0.3, 0.4) is 0 Å². The summed E-state index contributed by atoms with van der Waals surface area (Å²) in [5.74, 6) is -1.32. The third kappa shape index (κ3) is 5.86. The molecule has 1 fully saturated rings. The average molecular weight is 244 g/mol. The molecule has 96 valence electrons. The largest absolute Gasteiger partial charge is 0.480 e. The molecule has 0 radical (unpaired) electrons. The highest BCUT2D eigenvalue weighted by Crippen LogP contribution is 2.32. The van der Waals surface area contributed by atoms with Crippen LogP contribution in [0.4, 0.5) is 4.79 Å². The van der Waals surface area contributed by atoms with Crippen LogP contribution in [0.5, 0.6) is 0 Å². The number of carbonyl (C=O) groups is 3. The lowest BCUT2D eigenvalue weighted by molar-refractivity contribution is -0.143. The number of urea groups is 1. The van der Waals surface area contributed by atoms with Crippen LogP contribution in [0.15, 0.2) is 0 Å². The summed E-state index contributed by atoms with van der Waals surface area (Å²) in [6.07, 6.45) is 2.19. The molecule has 0 aromatic carbocycles. The molecule has 0 heterocycles. The van der Waals surface area contributed by atoms with E-state index in [1.807, 2.05) is 6.92 Å². The van der Waals surface area contributed by atoms with Gasteiger partial charge in [-0.1, -0.05) is 0 Å². The number of carbonyl (C=O) groups excluding carboxylic acids is 2. The van der Waals surface area contributed by atoms with Gasteiger partial charge in [-0.2, -0.15) is 0 Å². The molecule has 17 heavy (non-hydrogen) atoms. The monoisotopic (exact) mass is 244 g/mol. The molecule has 1 atom stereocenters. The van der Waals surface area contributed by atoms with Crippen LogP contribution in [0.2, 0.25) is 0 Å². The molecule has 0 aromatic rings. The van der Waals surface area contributed by atoms with Crippen LogP contribution >= 0.6 is 0 Å². The van der Waals surface area contributed by atoms with E-state index in [0.29, 0.717) is 5.92 Å². The van der Waals surface area contributed by atoms with Gasteiger partial charge in [0.2, 0.25) is 0 Å². The summed E-state index contributed by atoms with van der Waals surface area (Å²) >= 11 is 0. The quantitative estimate of drug-likeness (QED) is 0.595. The van der Waals surface area contributed by atoms with Crippen LogP contribution in [0.25, 0.3) is 0 Å². The van der Waals surface area contributed by atoms with Crippen molar-refractivity contribution in [3.05, 3.63) is 0 Å². The Kier molecular flexibility index (Phi) is 4.89. The lowest BCUT2D eigenvalue weighted by Gasteiger charge is -2.12. The Bertz CT molecular complexity index is 314. The molecule has 7 heteroatoms. The summed E-state index contributed by atoms with van der Waals surface area (Å²) in [5, 5.41) is 12.9. The number of carboxylic acids is 1. The van der Waals surface area contributed by atoms with Gasteiger partial charge in [-0.25, -0.2) is 9.59 Å². The van der Waals surface area contributed by atoms with Gasteiger partial charge in [0.25, 0.3) is 5.91 Å². The predicted molar refractivity (Wildman–Crippen MR) is 57.3 cm³/mol. The highest BCUT2D eigenvalue weighted by molar-refractivity contribution is 5.95. The van der Waals surface area contributed by atoms with Crippen molar-refractivity contribution in [2.75, 3.05) is 13.2 Å². The molecule has 0 aliphatic heterocycles. The van der Waals surface area contributed by atoms with E-state index in [1.54, 1.807) is 0 Å². The van der Waals surface area contributed by atoms with Gasteiger partial charge in [-0.05, 0) is 25.7 Å². The molecule has 1 rings (SSSR count). The minimum Gasteiger partial charge on any atom is -0.480 e. The zero-order valence-electron chi connectivity index (χ0n) is 9.56. The first-order chi connectivity index (χ1) is 7.99. The Balaban J connectivity index is 2.11. The van der Waals surface area contributed by atoms with E-state index in [-0.39, 0.29) is 6.04 Å². The number of nitrogens with one attached hydrogen (secondary N) is 2. The number of rotatable bonds is 6. The van der Waals surface area contributed by atoms with Crippen molar-refractivity contribution >= 4 is 17.9 Å². The van der Waals surface area contributed by atoms with Crippen molar-refractivity contribution in [1.82, 2.24) is 10.6 Å². The Labute approximate surface area is 98.5 Å². The number of amides is 3. The van der Waals surface area contributed by atoms with Gasteiger partial charge in [0.15, 0.2) is 0 Å². The molecule has 0 bridgehead atoms. The number of imide groups is 1. The lowest BCUT2D eigenvalue weighted by Crippen LogP contribution is -2.45. The van der Waals surface area contributed by atoms with E-state index in [0.717, 1.165) is 12.8 Å². The molecule has 1 aliphatic carbocycles. The van der Waals surface area contributed by atoms with Crippen LogP contribution in [0, 0.1) is 5.92 Å². The Morgan fingerprint density at radius 1 is 1.35 bits per heavy atom. The molecule has 0 saturated heterocycles. The van der Waals surface area contributed by atoms with Crippen LogP contribution in [-0.2, 0) is 14.3 Å². The number of carboxylic acid groups (broad SMARTS) is 1. The highest BCUT2D eigenvalue weighted by atomic mass is 16.5. The molecule has 0 spiro atoms. The second-order valence-electron chi connectivity index (χ2n) is 4.03. The zero-order valence-corrected chi connectivity index (χ0v) is 9.56. The Morgan fingerprint density at radius 2 is 2.00 bits per heavy atom. The molecule has 1 unspecified atom stereocenters. The third-order valence-electron chi connectivity index (χ3n) is 2.40. The second-order valence-corrected chi connectivity index (χ2v) is 4.03. The zero-order chi connectivity index (χ0) is 12.8. The van der Waals surface area contributed by atoms with E-state index < -0.39 is 31.1 Å². The molecule has 0 aromatic heterocycles. The van der Waals surface area contributed by atoms with Crippen molar-refractivity contribution in [3.8, 4) is 0 Å². The van der Waals surface area contributed by atoms with Gasteiger partial charge in [-0.15, -0.1) is 0 Å². The van der Waals surface area contributed by atoms with E-state index in [2.05, 4.69) is 15.4 Å². The Hall–Kier alpha value is -1.63. The maximum atomic E-state index is 11.3. The Morgan fingerprint density at radius 3 is 2.53 bits per heavy atom. The summed E-state index contributed by atoms with van der Waals surface area (Å²) < 4.78 is 4.53. The first kappa shape index (κ1) is 13.4. The summed E-state index contributed by atoms with van der Waals surface area (Å²) in [7, 11) is 0. The first-order valence-electron chi connectivity index (χ1n) is 5.39. The van der Waals surface area contributed by atoms with Crippen LogP contribution < -0.4 is 10.6 Å². The third-order valence-corrected chi connectivity index (χ3v) is 2.40. The summed E-state index contributed by atoms with van der Waals surface area (Å²) in [6, 6.07) is -0.531. The lowest BCUT2D eigenvalue weighted by atomic mass is 10.2. The second kappa shape index (κ2) is 6.19.